The molecule has 0 fully saturated rings. The number of hydrogen-bond donors (Lipinski definition) is 0. The van der Waals surface area contributed by atoms with Gasteiger partial charge >= 0.3 is 0 Å². The lowest BCUT2D eigenvalue weighted by molar-refractivity contribution is 0.182. The highest BCUT2D eigenvalue weighted by molar-refractivity contribution is 5.94. The Balaban J connectivity index is 2.11. The third-order valence-electron chi connectivity index (χ3n) is 7.58. The summed E-state index contributed by atoms with van der Waals surface area (Å²) in [6.07, 6.45) is 15.3. The Kier molecular flexibility index (Phi) is 4.92. The molecule has 0 heterocycles. The van der Waals surface area contributed by atoms with Crippen molar-refractivity contribution in [3.8, 4) is 0 Å². The molecule has 0 bridgehead atoms. The maximum atomic E-state index is 2.65. The van der Waals surface area contributed by atoms with E-state index in [2.05, 4.69) is 104 Å². The Morgan fingerprint density at radius 1 is 1.00 bits per heavy atom. The molecule has 0 saturated heterocycles. The summed E-state index contributed by atoms with van der Waals surface area (Å²) in [6.45, 7) is 18.9. The highest BCUT2D eigenvalue weighted by atomic mass is 14.5. The van der Waals surface area contributed by atoms with E-state index in [9.17, 15) is 0 Å². The molecule has 0 heteroatoms. The predicted octanol–water partition coefficient (Wildman–Crippen LogP) is 6.90. The Morgan fingerprint density at radius 2 is 1.73 bits per heavy atom. The second kappa shape index (κ2) is 6.98. The standard InChI is InChI=1S/C30H38/c1-9-20-19-30(10-2,29(6,7)8)27(21-13-11-12-14-21)25-18-22-17-23(28(3,4)5)15-16-24(22)26(20)25/h11-13,15-19H,9-10,14H2,1-8H3. The normalized spacial score (nSPS) is 23.3. The minimum Gasteiger partial charge on any atom is -0.0801 e. The molecule has 3 aliphatic rings. The lowest BCUT2D eigenvalue weighted by atomic mass is 9.55. The number of allylic oxidation sites excluding steroid dienone is 8. The molecule has 1 aromatic rings. The van der Waals surface area contributed by atoms with E-state index in [0.717, 1.165) is 19.3 Å². The molecule has 0 aromatic heterocycles. The summed E-state index contributed by atoms with van der Waals surface area (Å²) in [4.78, 5) is 0. The Morgan fingerprint density at radius 3 is 2.27 bits per heavy atom. The van der Waals surface area contributed by atoms with E-state index >= 15 is 0 Å². The van der Waals surface area contributed by atoms with Gasteiger partial charge in [0.2, 0.25) is 0 Å². The van der Waals surface area contributed by atoms with Crippen molar-refractivity contribution in [2.75, 3.05) is 0 Å². The maximum Gasteiger partial charge on any atom is 0.0193 e. The van der Waals surface area contributed by atoms with E-state index < -0.39 is 0 Å². The molecule has 4 rings (SSSR count). The third-order valence-corrected chi connectivity index (χ3v) is 7.58. The number of benzene rings is 1. The molecule has 0 spiro atoms. The van der Waals surface area contributed by atoms with Gasteiger partial charge in [0.15, 0.2) is 0 Å². The van der Waals surface area contributed by atoms with Gasteiger partial charge in [-0.1, -0.05) is 97.9 Å². The van der Waals surface area contributed by atoms with Gasteiger partial charge in [-0.3, -0.25) is 0 Å². The van der Waals surface area contributed by atoms with Gasteiger partial charge in [0.05, 0.1) is 0 Å². The first-order valence-electron chi connectivity index (χ1n) is 11.7. The van der Waals surface area contributed by atoms with Gasteiger partial charge in [0.1, 0.15) is 0 Å². The fourth-order valence-electron chi connectivity index (χ4n) is 5.75. The van der Waals surface area contributed by atoms with Gasteiger partial charge in [0.25, 0.3) is 0 Å². The van der Waals surface area contributed by atoms with Crippen molar-refractivity contribution < 1.29 is 0 Å². The van der Waals surface area contributed by atoms with E-state index in [1.807, 2.05) is 0 Å². The van der Waals surface area contributed by atoms with Crippen LogP contribution in [0.2, 0.25) is 0 Å². The third kappa shape index (κ3) is 3.03. The number of rotatable bonds is 3. The summed E-state index contributed by atoms with van der Waals surface area (Å²) >= 11 is 0. The van der Waals surface area contributed by atoms with Crippen molar-refractivity contribution in [3.05, 3.63) is 80.8 Å². The van der Waals surface area contributed by atoms with Crippen molar-refractivity contribution in [1.29, 1.82) is 0 Å². The molecule has 158 valence electrons. The summed E-state index contributed by atoms with van der Waals surface area (Å²) < 4.78 is 0. The van der Waals surface area contributed by atoms with Crippen LogP contribution >= 0.6 is 0 Å². The smallest absolute Gasteiger partial charge is 0.0193 e. The first-order chi connectivity index (χ1) is 14.0. The van der Waals surface area contributed by atoms with Crippen LogP contribution in [0.4, 0.5) is 0 Å². The highest BCUT2D eigenvalue weighted by Gasteiger charge is 2.47. The molecule has 1 aromatic carbocycles. The van der Waals surface area contributed by atoms with Crippen molar-refractivity contribution >= 4 is 11.6 Å². The highest BCUT2D eigenvalue weighted by Crippen LogP contribution is 2.58. The minimum absolute atomic E-state index is 0.0560. The molecular formula is C30H38. The summed E-state index contributed by atoms with van der Waals surface area (Å²) in [7, 11) is 0. The van der Waals surface area contributed by atoms with Crippen molar-refractivity contribution in [1.82, 2.24) is 0 Å². The van der Waals surface area contributed by atoms with Gasteiger partial charge in [-0.2, -0.15) is 0 Å². The largest absolute Gasteiger partial charge is 0.0801 e. The van der Waals surface area contributed by atoms with Crippen LogP contribution in [0.25, 0.3) is 11.6 Å². The average Bonchev–Trinajstić information content (AvgIpc) is 3.32. The molecule has 0 N–H and O–H groups in total. The van der Waals surface area contributed by atoms with Gasteiger partial charge in [-0.15, -0.1) is 0 Å². The Hall–Kier alpha value is -2.08. The zero-order chi connectivity index (χ0) is 21.9. The molecule has 1 unspecified atom stereocenters. The van der Waals surface area contributed by atoms with Gasteiger partial charge in [0, 0.05) is 5.41 Å². The predicted molar refractivity (Wildman–Crippen MR) is 132 cm³/mol. The molecule has 3 aliphatic carbocycles. The van der Waals surface area contributed by atoms with Crippen molar-refractivity contribution in [2.45, 2.75) is 80.1 Å². The monoisotopic (exact) mass is 398 g/mol. The summed E-state index contributed by atoms with van der Waals surface area (Å²) in [6, 6.07) is 7.16. The second-order valence-corrected chi connectivity index (χ2v) is 11.3. The maximum absolute atomic E-state index is 2.65. The number of fused-ring (bicyclic) bond motifs is 2. The first-order valence-corrected chi connectivity index (χ1v) is 11.7. The van der Waals surface area contributed by atoms with Gasteiger partial charge in [-0.05, 0) is 80.0 Å². The molecule has 30 heavy (non-hydrogen) atoms. The van der Waals surface area contributed by atoms with E-state index in [4.69, 9.17) is 0 Å². The molecule has 0 amide bonds. The summed E-state index contributed by atoms with van der Waals surface area (Å²) in [5.74, 6) is 0. The van der Waals surface area contributed by atoms with Crippen LogP contribution in [-0.4, -0.2) is 0 Å². The first kappa shape index (κ1) is 21.2. The quantitative estimate of drug-likeness (QED) is 0.519. The van der Waals surface area contributed by atoms with Crippen LogP contribution in [0.5, 0.6) is 0 Å². The molecule has 0 aliphatic heterocycles. The van der Waals surface area contributed by atoms with E-state index in [-0.39, 0.29) is 16.2 Å². The van der Waals surface area contributed by atoms with Crippen molar-refractivity contribution in [3.63, 3.8) is 0 Å². The number of hydrogen-bond acceptors (Lipinski definition) is 0. The van der Waals surface area contributed by atoms with E-state index in [1.165, 1.54) is 38.3 Å². The van der Waals surface area contributed by atoms with Crippen LogP contribution in [0.3, 0.4) is 0 Å². The van der Waals surface area contributed by atoms with E-state index in [0.29, 0.717) is 0 Å². The van der Waals surface area contributed by atoms with E-state index in [1.54, 1.807) is 5.57 Å². The zero-order valence-corrected chi connectivity index (χ0v) is 20.2. The van der Waals surface area contributed by atoms with Crippen LogP contribution in [0, 0.1) is 10.8 Å². The fourth-order valence-corrected chi connectivity index (χ4v) is 5.75. The molecule has 0 radical (unpaired) electrons. The van der Waals surface area contributed by atoms with Crippen LogP contribution in [0.15, 0.2) is 64.8 Å². The average molecular weight is 399 g/mol. The fraction of sp³-hybridized carbons (Fsp3) is 0.467. The van der Waals surface area contributed by atoms with Gasteiger partial charge in [-0.25, -0.2) is 0 Å². The van der Waals surface area contributed by atoms with Crippen LogP contribution < -0.4 is 10.4 Å². The van der Waals surface area contributed by atoms with Gasteiger partial charge < -0.3 is 0 Å². The zero-order valence-electron chi connectivity index (χ0n) is 20.2. The second-order valence-electron chi connectivity index (χ2n) is 11.3. The molecule has 0 saturated carbocycles. The molecule has 1 atom stereocenters. The van der Waals surface area contributed by atoms with Crippen LogP contribution in [0.1, 0.15) is 80.2 Å². The minimum atomic E-state index is 0.0560. The SMILES string of the molecule is CCC1=CC(CC)(C(C)(C)C)C(C2=CC=CC2)=C2C=c3cc(C(C)(C)C)ccc3=C12. The lowest BCUT2D eigenvalue weighted by Crippen LogP contribution is -2.39. The molecule has 0 nitrogen and oxygen atoms in total. The lowest BCUT2D eigenvalue weighted by Gasteiger charge is -2.48. The summed E-state index contributed by atoms with van der Waals surface area (Å²) in [5, 5.41) is 2.82. The van der Waals surface area contributed by atoms with Crippen molar-refractivity contribution in [2.24, 2.45) is 10.8 Å². The Bertz CT molecular complexity index is 1130. The topological polar surface area (TPSA) is 0 Å². The van der Waals surface area contributed by atoms with Crippen LogP contribution in [-0.2, 0) is 5.41 Å². The summed E-state index contributed by atoms with van der Waals surface area (Å²) in [5.41, 5.74) is 9.37. The molecular weight excluding hydrogens is 360 g/mol. The Labute approximate surface area is 183 Å².